The van der Waals surface area contributed by atoms with Crippen LogP contribution >= 0.6 is 23.1 Å². The summed E-state index contributed by atoms with van der Waals surface area (Å²) in [6.45, 7) is 0. The molecule has 0 saturated carbocycles. The van der Waals surface area contributed by atoms with Crippen molar-refractivity contribution in [2.45, 2.75) is 10.9 Å². The Morgan fingerprint density at radius 2 is 2.12 bits per heavy atom. The van der Waals surface area contributed by atoms with Crippen molar-refractivity contribution >= 4 is 33.3 Å². The summed E-state index contributed by atoms with van der Waals surface area (Å²) < 4.78 is 1.94. The number of nitrogens with one attached hydrogen (secondary N) is 1. The fourth-order valence-electron chi connectivity index (χ4n) is 2.52. The van der Waals surface area contributed by atoms with Crippen molar-refractivity contribution in [3.63, 3.8) is 0 Å². The molecule has 3 aromatic heterocycles. The van der Waals surface area contributed by atoms with E-state index in [0.717, 1.165) is 21.1 Å². The highest BCUT2D eigenvalue weighted by molar-refractivity contribution is 7.98. The average molecular weight is 354 g/mol. The lowest BCUT2D eigenvalue weighted by Gasteiger charge is -2.03. The fourth-order valence-corrected chi connectivity index (χ4v) is 4.29. The number of aryl methyl sites for hydroxylation is 1. The summed E-state index contributed by atoms with van der Waals surface area (Å²) in [5, 5.41) is 3.56. The number of thioether (sulfide) groups is 1. The summed E-state index contributed by atoms with van der Waals surface area (Å²) in [7, 11) is 1.94. The molecule has 0 atom stereocenters. The number of aromatic nitrogens is 4. The number of hydrogen-bond acceptors (Lipinski definition) is 5. The summed E-state index contributed by atoms with van der Waals surface area (Å²) in [5.41, 5.74) is 1.88. The van der Waals surface area contributed by atoms with Crippen LogP contribution < -0.4 is 5.56 Å². The van der Waals surface area contributed by atoms with E-state index in [9.17, 15) is 4.79 Å². The zero-order valence-corrected chi connectivity index (χ0v) is 14.5. The van der Waals surface area contributed by atoms with E-state index in [4.69, 9.17) is 0 Å². The second kappa shape index (κ2) is 6.26. The first-order chi connectivity index (χ1) is 11.7. The number of nitrogens with zero attached hydrogens (tertiary/aromatic N) is 3. The SMILES string of the molecule is Cn1ccnc1SCc1nc2scc(-c3ccccc3)c2c(=O)[nH]1. The van der Waals surface area contributed by atoms with Gasteiger partial charge in [0.25, 0.3) is 5.56 Å². The number of fused-ring (bicyclic) bond motifs is 1. The minimum Gasteiger partial charge on any atom is -0.329 e. The molecule has 0 fully saturated rings. The van der Waals surface area contributed by atoms with Crippen molar-refractivity contribution in [2.24, 2.45) is 7.05 Å². The highest BCUT2D eigenvalue weighted by atomic mass is 32.2. The average Bonchev–Trinajstić information content (AvgIpc) is 3.20. The lowest BCUT2D eigenvalue weighted by atomic mass is 10.1. The molecule has 0 bridgehead atoms. The number of H-pyrrole nitrogens is 1. The van der Waals surface area contributed by atoms with Gasteiger partial charge < -0.3 is 9.55 Å². The predicted octanol–water partition coefficient (Wildman–Crippen LogP) is 3.68. The third kappa shape index (κ3) is 2.76. The van der Waals surface area contributed by atoms with Gasteiger partial charge in [-0.05, 0) is 5.56 Å². The quantitative estimate of drug-likeness (QED) is 0.568. The molecular weight excluding hydrogens is 340 g/mol. The number of aromatic amines is 1. The van der Waals surface area contributed by atoms with E-state index < -0.39 is 0 Å². The summed E-state index contributed by atoms with van der Waals surface area (Å²) in [4.78, 5) is 25.1. The second-order valence-electron chi connectivity index (χ2n) is 5.32. The summed E-state index contributed by atoms with van der Waals surface area (Å²) in [6.07, 6.45) is 3.65. The van der Waals surface area contributed by atoms with Gasteiger partial charge in [0.15, 0.2) is 5.16 Å². The molecule has 0 aliphatic rings. The van der Waals surface area contributed by atoms with Crippen molar-refractivity contribution in [3.8, 4) is 11.1 Å². The maximum absolute atomic E-state index is 12.6. The van der Waals surface area contributed by atoms with Crippen LogP contribution in [0.4, 0.5) is 0 Å². The van der Waals surface area contributed by atoms with Crippen LogP contribution in [-0.2, 0) is 12.8 Å². The van der Waals surface area contributed by atoms with Crippen LogP contribution in [0.1, 0.15) is 5.82 Å². The van der Waals surface area contributed by atoms with Gasteiger partial charge in [-0.15, -0.1) is 11.3 Å². The number of rotatable bonds is 4. The number of thiophene rings is 1. The zero-order valence-electron chi connectivity index (χ0n) is 12.9. The number of benzene rings is 1. The highest BCUT2D eigenvalue weighted by Crippen LogP contribution is 2.30. The first-order valence-corrected chi connectivity index (χ1v) is 9.25. The highest BCUT2D eigenvalue weighted by Gasteiger charge is 2.13. The van der Waals surface area contributed by atoms with Gasteiger partial charge in [-0.3, -0.25) is 4.79 Å². The van der Waals surface area contributed by atoms with Crippen LogP contribution in [0, 0.1) is 0 Å². The molecule has 0 spiro atoms. The maximum Gasteiger partial charge on any atom is 0.260 e. The number of imidazole rings is 1. The molecular formula is C17H14N4OS2. The second-order valence-corrected chi connectivity index (χ2v) is 7.12. The van der Waals surface area contributed by atoms with Gasteiger partial charge in [-0.2, -0.15) is 0 Å². The van der Waals surface area contributed by atoms with Crippen molar-refractivity contribution in [3.05, 3.63) is 64.3 Å². The van der Waals surface area contributed by atoms with Crippen LogP contribution in [0.25, 0.3) is 21.3 Å². The normalized spacial score (nSPS) is 11.2. The standard InChI is InChI=1S/C17H14N4OS2/c1-21-8-7-18-17(21)24-10-13-19-15(22)14-12(9-23-16(14)20-13)11-5-3-2-4-6-11/h2-9H,10H2,1H3,(H,19,20,22). The van der Waals surface area contributed by atoms with Crippen LogP contribution in [0.2, 0.25) is 0 Å². The van der Waals surface area contributed by atoms with Gasteiger partial charge in [0, 0.05) is 30.4 Å². The summed E-state index contributed by atoms with van der Waals surface area (Å²) in [5.74, 6) is 1.25. The molecule has 3 heterocycles. The van der Waals surface area contributed by atoms with Crippen molar-refractivity contribution in [2.75, 3.05) is 0 Å². The van der Waals surface area contributed by atoms with E-state index in [1.54, 1.807) is 18.0 Å². The van der Waals surface area contributed by atoms with Crippen LogP contribution in [-0.4, -0.2) is 19.5 Å². The smallest absolute Gasteiger partial charge is 0.260 e. The Kier molecular flexibility index (Phi) is 3.95. The van der Waals surface area contributed by atoms with E-state index in [0.29, 0.717) is 17.0 Å². The molecule has 4 rings (SSSR count). The predicted molar refractivity (Wildman–Crippen MR) is 98.4 cm³/mol. The van der Waals surface area contributed by atoms with E-state index in [-0.39, 0.29) is 5.56 Å². The monoisotopic (exact) mass is 354 g/mol. The van der Waals surface area contributed by atoms with Crippen molar-refractivity contribution in [1.82, 2.24) is 19.5 Å². The molecule has 4 aromatic rings. The lowest BCUT2D eigenvalue weighted by Crippen LogP contribution is -2.10. The number of hydrogen-bond donors (Lipinski definition) is 1. The lowest BCUT2D eigenvalue weighted by molar-refractivity contribution is 0.789. The van der Waals surface area contributed by atoms with Crippen LogP contribution in [0.3, 0.4) is 0 Å². The van der Waals surface area contributed by atoms with Crippen molar-refractivity contribution < 1.29 is 0 Å². The topological polar surface area (TPSA) is 63.6 Å². The molecule has 0 saturated heterocycles. The van der Waals surface area contributed by atoms with E-state index >= 15 is 0 Å². The molecule has 24 heavy (non-hydrogen) atoms. The Hall–Kier alpha value is -2.38. The van der Waals surface area contributed by atoms with Crippen LogP contribution in [0.15, 0.2) is 58.1 Å². The molecule has 0 amide bonds. The van der Waals surface area contributed by atoms with Crippen LogP contribution in [0.5, 0.6) is 0 Å². The van der Waals surface area contributed by atoms with E-state index in [2.05, 4.69) is 15.0 Å². The summed E-state index contributed by atoms with van der Waals surface area (Å²) >= 11 is 3.05. The minimum absolute atomic E-state index is 0.0875. The molecule has 1 aromatic carbocycles. The van der Waals surface area contributed by atoms with Gasteiger partial charge >= 0.3 is 0 Å². The Labute approximate surface area is 146 Å². The van der Waals surface area contributed by atoms with Gasteiger partial charge in [0.2, 0.25) is 0 Å². The molecule has 5 nitrogen and oxygen atoms in total. The third-order valence-electron chi connectivity index (χ3n) is 3.69. The molecule has 7 heteroatoms. The Morgan fingerprint density at radius 3 is 2.88 bits per heavy atom. The molecule has 120 valence electrons. The molecule has 0 unspecified atom stereocenters. The largest absolute Gasteiger partial charge is 0.329 e. The fraction of sp³-hybridized carbons (Fsp3) is 0.118. The maximum atomic E-state index is 12.6. The first kappa shape index (κ1) is 15.2. The zero-order chi connectivity index (χ0) is 16.5. The first-order valence-electron chi connectivity index (χ1n) is 7.38. The van der Waals surface area contributed by atoms with Gasteiger partial charge in [-0.25, -0.2) is 9.97 Å². The Bertz CT molecular complexity index is 1050. The summed E-state index contributed by atoms with van der Waals surface area (Å²) in [6, 6.07) is 9.92. The van der Waals surface area contributed by atoms with Gasteiger partial charge in [0.05, 0.1) is 11.1 Å². The molecule has 0 aliphatic heterocycles. The van der Waals surface area contributed by atoms with Gasteiger partial charge in [0.1, 0.15) is 10.7 Å². The van der Waals surface area contributed by atoms with Crippen molar-refractivity contribution in [1.29, 1.82) is 0 Å². The molecule has 1 N–H and O–H groups in total. The molecule has 0 aliphatic carbocycles. The van der Waals surface area contributed by atoms with E-state index in [1.807, 2.05) is 53.5 Å². The molecule has 0 radical (unpaired) electrons. The minimum atomic E-state index is -0.0875. The Morgan fingerprint density at radius 1 is 1.29 bits per heavy atom. The third-order valence-corrected chi connectivity index (χ3v) is 5.63. The van der Waals surface area contributed by atoms with E-state index in [1.165, 1.54) is 11.3 Å². The Balaban J connectivity index is 1.69. The van der Waals surface area contributed by atoms with Gasteiger partial charge in [-0.1, -0.05) is 42.1 Å².